The van der Waals surface area contributed by atoms with E-state index in [1.54, 1.807) is 0 Å². The van der Waals surface area contributed by atoms with Crippen molar-refractivity contribution < 1.29 is 4.79 Å². The van der Waals surface area contributed by atoms with Crippen LogP contribution in [-0.4, -0.2) is 6.29 Å². The number of carbonyl (C=O) groups is 1. The van der Waals surface area contributed by atoms with Crippen molar-refractivity contribution in [1.29, 1.82) is 0 Å². The number of aldehydes is 1. The molecule has 0 saturated carbocycles. The van der Waals surface area contributed by atoms with Crippen LogP contribution in [0.25, 0.3) is 0 Å². The van der Waals surface area contributed by atoms with Crippen molar-refractivity contribution in [3.63, 3.8) is 0 Å². The van der Waals surface area contributed by atoms with Gasteiger partial charge in [0.25, 0.3) is 0 Å². The van der Waals surface area contributed by atoms with Crippen LogP contribution in [0, 0.1) is 0 Å². The molecule has 0 amide bonds. The maximum Gasteiger partial charge on any atom is 0.145 e. The molecule has 0 N–H and O–H groups in total. The smallest absolute Gasteiger partial charge is 0.145 e. The highest BCUT2D eigenvalue weighted by Crippen LogP contribution is 2.08. The maximum absolute atomic E-state index is 10.2. The van der Waals surface area contributed by atoms with Gasteiger partial charge in [-0.25, -0.2) is 0 Å². The topological polar surface area (TPSA) is 17.1 Å². The van der Waals surface area contributed by atoms with Crippen LogP contribution >= 0.6 is 0 Å². The SMILES string of the molecule is C=C(C=O)C/C(C)=C/CCCC. The van der Waals surface area contributed by atoms with Crippen molar-refractivity contribution in [2.45, 2.75) is 39.5 Å². The molecule has 0 spiro atoms. The summed E-state index contributed by atoms with van der Waals surface area (Å²) in [7, 11) is 0. The highest BCUT2D eigenvalue weighted by molar-refractivity contribution is 5.72. The second-order valence-electron chi connectivity index (χ2n) is 3.15. The molecule has 0 saturated heterocycles. The fourth-order valence-corrected chi connectivity index (χ4v) is 1.02. The Balaban J connectivity index is 3.69. The fourth-order valence-electron chi connectivity index (χ4n) is 1.02. The average molecular weight is 166 g/mol. The summed E-state index contributed by atoms with van der Waals surface area (Å²) in [4.78, 5) is 10.2. The van der Waals surface area contributed by atoms with Crippen molar-refractivity contribution in [2.75, 3.05) is 0 Å². The van der Waals surface area contributed by atoms with Gasteiger partial charge < -0.3 is 0 Å². The summed E-state index contributed by atoms with van der Waals surface area (Å²) < 4.78 is 0. The van der Waals surface area contributed by atoms with Crippen LogP contribution in [0.15, 0.2) is 23.8 Å². The van der Waals surface area contributed by atoms with Gasteiger partial charge in [0.1, 0.15) is 6.29 Å². The van der Waals surface area contributed by atoms with Crippen molar-refractivity contribution in [3.05, 3.63) is 23.8 Å². The molecular formula is C11H18O. The quantitative estimate of drug-likeness (QED) is 0.256. The van der Waals surface area contributed by atoms with Gasteiger partial charge in [-0.15, -0.1) is 0 Å². The van der Waals surface area contributed by atoms with Gasteiger partial charge in [-0.2, -0.15) is 0 Å². The average Bonchev–Trinajstić information content (AvgIpc) is 2.05. The molecule has 0 aromatic carbocycles. The third-order valence-corrected chi connectivity index (χ3v) is 1.72. The minimum absolute atomic E-state index is 0.667. The lowest BCUT2D eigenvalue weighted by Gasteiger charge is -1.98. The van der Waals surface area contributed by atoms with Crippen molar-refractivity contribution in [3.8, 4) is 0 Å². The van der Waals surface area contributed by atoms with E-state index in [4.69, 9.17) is 0 Å². The normalized spacial score (nSPS) is 11.3. The van der Waals surface area contributed by atoms with Crippen molar-refractivity contribution in [1.82, 2.24) is 0 Å². The van der Waals surface area contributed by atoms with Crippen LogP contribution in [0.2, 0.25) is 0 Å². The zero-order valence-corrected chi connectivity index (χ0v) is 8.10. The molecule has 0 fully saturated rings. The Hall–Kier alpha value is -0.850. The van der Waals surface area contributed by atoms with Gasteiger partial charge in [0.05, 0.1) is 0 Å². The Labute approximate surface area is 75.2 Å². The van der Waals surface area contributed by atoms with Crippen molar-refractivity contribution in [2.24, 2.45) is 0 Å². The van der Waals surface area contributed by atoms with Gasteiger partial charge in [-0.05, 0) is 25.3 Å². The predicted octanol–water partition coefficient (Wildman–Crippen LogP) is 3.27. The van der Waals surface area contributed by atoms with E-state index >= 15 is 0 Å². The molecule has 0 atom stereocenters. The van der Waals surface area contributed by atoms with Crippen LogP contribution < -0.4 is 0 Å². The van der Waals surface area contributed by atoms with E-state index in [1.807, 2.05) is 6.92 Å². The molecular weight excluding hydrogens is 148 g/mol. The molecule has 0 radical (unpaired) electrons. The van der Waals surface area contributed by atoms with Gasteiger partial charge in [0.2, 0.25) is 0 Å². The third-order valence-electron chi connectivity index (χ3n) is 1.72. The lowest BCUT2D eigenvalue weighted by molar-refractivity contribution is -0.104. The predicted molar refractivity (Wildman–Crippen MR) is 53.1 cm³/mol. The van der Waals surface area contributed by atoms with E-state index in [-0.39, 0.29) is 0 Å². The molecule has 0 aliphatic heterocycles. The Kier molecular flexibility index (Phi) is 6.35. The number of hydrogen-bond acceptors (Lipinski definition) is 1. The molecule has 1 heteroatoms. The first kappa shape index (κ1) is 11.2. The molecule has 68 valence electrons. The van der Waals surface area contributed by atoms with Gasteiger partial charge >= 0.3 is 0 Å². The Morgan fingerprint density at radius 2 is 2.17 bits per heavy atom. The Morgan fingerprint density at radius 3 is 2.67 bits per heavy atom. The minimum atomic E-state index is 0.667. The van der Waals surface area contributed by atoms with Crippen LogP contribution in [0.4, 0.5) is 0 Å². The largest absolute Gasteiger partial charge is 0.298 e. The van der Waals surface area contributed by atoms with Crippen LogP contribution in [0.3, 0.4) is 0 Å². The summed E-state index contributed by atoms with van der Waals surface area (Å²) >= 11 is 0. The summed E-state index contributed by atoms with van der Waals surface area (Å²) in [6.45, 7) is 7.85. The summed E-state index contributed by atoms with van der Waals surface area (Å²) in [6.07, 6.45) is 7.32. The van der Waals surface area contributed by atoms with Gasteiger partial charge in [-0.3, -0.25) is 4.79 Å². The highest BCUT2D eigenvalue weighted by Gasteiger charge is 1.92. The highest BCUT2D eigenvalue weighted by atomic mass is 16.1. The first-order valence-electron chi connectivity index (χ1n) is 4.49. The van der Waals surface area contributed by atoms with Gasteiger partial charge in [0.15, 0.2) is 0 Å². The number of unbranched alkanes of at least 4 members (excludes halogenated alkanes) is 2. The molecule has 0 aromatic rings. The molecule has 1 nitrogen and oxygen atoms in total. The molecule has 0 aliphatic rings. The molecule has 12 heavy (non-hydrogen) atoms. The fraction of sp³-hybridized carbons (Fsp3) is 0.545. The van der Waals surface area contributed by atoms with Crippen molar-refractivity contribution >= 4 is 6.29 Å². The van der Waals surface area contributed by atoms with Crippen LogP contribution in [-0.2, 0) is 4.79 Å². The van der Waals surface area contributed by atoms with E-state index in [2.05, 4.69) is 19.6 Å². The van der Waals surface area contributed by atoms with E-state index in [0.717, 1.165) is 19.1 Å². The lowest BCUT2D eigenvalue weighted by atomic mass is 10.1. The molecule has 0 unspecified atom stereocenters. The monoisotopic (exact) mass is 166 g/mol. The Bertz CT molecular complexity index is 177. The maximum atomic E-state index is 10.2. The summed E-state index contributed by atoms with van der Waals surface area (Å²) in [6, 6.07) is 0. The Morgan fingerprint density at radius 1 is 1.50 bits per heavy atom. The summed E-state index contributed by atoms with van der Waals surface area (Å²) in [5.41, 5.74) is 1.92. The van der Waals surface area contributed by atoms with Crippen LogP contribution in [0.5, 0.6) is 0 Å². The molecule has 0 rings (SSSR count). The van der Waals surface area contributed by atoms with E-state index in [9.17, 15) is 4.79 Å². The number of allylic oxidation sites excluding steroid dienone is 3. The molecule has 0 aromatic heterocycles. The first-order chi connectivity index (χ1) is 5.70. The molecule has 0 bridgehead atoms. The zero-order chi connectivity index (χ0) is 9.40. The van der Waals surface area contributed by atoms with Gasteiger partial charge in [-0.1, -0.05) is 38.0 Å². The second-order valence-corrected chi connectivity index (χ2v) is 3.15. The summed E-state index contributed by atoms with van der Waals surface area (Å²) in [5.74, 6) is 0. The first-order valence-corrected chi connectivity index (χ1v) is 4.49. The number of carbonyl (C=O) groups excluding carboxylic acids is 1. The zero-order valence-electron chi connectivity index (χ0n) is 8.10. The summed E-state index contributed by atoms with van der Waals surface area (Å²) in [5, 5.41) is 0. The number of hydrogen-bond donors (Lipinski definition) is 0. The second kappa shape index (κ2) is 6.84. The standard InChI is InChI=1S/C11H18O/c1-4-5-6-7-10(2)8-11(3)9-12/h7,9H,3-6,8H2,1-2H3/b10-7+. The molecule has 0 heterocycles. The third kappa shape index (κ3) is 5.90. The van der Waals surface area contributed by atoms with Gasteiger partial charge in [0, 0.05) is 0 Å². The van der Waals surface area contributed by atoms with E-state index < -0.39 is 0 Å². The minimum Gasteiger partial charge on any atom is -0.298 e. The molecule has 0 aliphatic carbocycles. The number of rotatable bonds is 6. The van der Waals surface area contributed by atoms with E-state index in [1.165, 1.54) is 18.4 Å². The lowest BCUT2D eigenvalue weighted by Crippen LogP contribution is -1.84. The van der Waals surface area contributed by atoms with E-state index in [0.29, 0.717) is 5.57 Å². The van der Waals surface area contributed by atoms with Crippen LogP contribution in [0.1, 0.15) is 39.5 Å².